The third-order valence-electron chi connectivity index (χ3n) is 3.96. The largest absolute Gasteiger partial charge is 0.490 e. The van der Waals surface area contributed by atoms with Crippen LogP contribution in [0.5, 0.6) is 11.5 Å². The maximum Gasteiger partial charge on any atom is 0.264 e. The number of halogens is 1. The number of carbonyl (C=O) groups is 1. The van der Waals surface area contributed by atoms with Crippen molar-refractivity contribution in [2.24, 2.45) is 0 Å². The molecule has 24 heavy (non-hydrogen) atoms. The lowest BCUT2D eigenvalue weighted by Gasteiger charge is -2.29. The summed E-state index contributed by atoms with van der Waals surface area (Å²) in [6.07, 6.45) is 1.60. The van der Waals surface area contributed by atoms with Crippen molar-refractivity contribution >= 4 is 11.6 Å². The molecule has 0 unspecified atom stereocenters. The van der Waals surface area contributed by atoms with E-state index in [4.69, 9.17) is 9.47 Å². The molecule has 1 heterocycles. The number of para-hydroxylation sites is 2. The van der Waals surface area contributed by atoms with Gasteiger partial charge in [0, 0.05) is 12.2 Å². The van der Waals surface area contributed by atoms with E-state index in [1.54, 1.807) is 17.0 Å². The molecular weight excluding hydrogens is 309 g/mol. The first-order valence-electron chi connectivity index (χ1n) is 8.12. The number of aryl methyl sites for hydroxylation is 1. The third-order valence-corrected chi connectivity index (χ3v) is 3.96. The van der Waals surface area contributed by atoms with Crippen LogP contribution in [0.15, 0.2) is 42.5 Å². The average molecular weight is 329 g/mol. The number of anilines is 1. The standard InChI is InChI=1S/C19H20FNO3/c1-2-23-17-7-3-4-8-18(17)24-13-19(22)21-11-5-6-14-12-15(20)9-10-16(14)21/h3-4,7-10,12H,2,5-6,11,13H2,1H3. The molecule has 4 nitrogen and oxygen atoms in total. The summed E-state index contributed by atoms with van der Waals surface area (Å²) in [7, 11) is 0. The van der Waals surface area contributed by atoms with E-state index in [1.807, 2.05) is 25.1 Å². The molecule has 3 rings (SSSR count). The lowest BCUT2D eigenvalue weighted by Crippen LogP contribution is -2.38. The zero-order chi connectivity index (χ0) is 16.9. The van der Waals surface area contributed by atoms with E-state index in [9.17, 15) is 9.18 Å². The van der Waals surface area contributed by atoms with Gasteiger partial charge in [-0.15, -0.1) is 0 Å². The predicted octanol–water partition coefficient (Wildman–Crippen LogP) is 3.58. The quantitative estimate of drug-likeness (QED) is 0.841. The normalized spacial score (nSPS) is 13.3. The summed E-state index contributed by atoms with van der Waals surface area (Å²) in [6, 6.07) is 11.8. The lowest BCUT2D eigenvalue weighted by atomic mass is 10.0. The topological polar surface area (TPSA) is 38.8 Å². The van der Waals surface area contributed by atoms with Gasteiger partial charge >= 0.3 is 0 Å². The van der Waals surface area contributed by atoms with Gasteiger partial charge in [0.15, 0.2) is 18.1 Å². The number of hydrogen-bond donors (Lipinski definition) is 0. The van der Waals surface area contributed by atoms with Gasteiger partial charge < -0.3 is 14.4 Å². The highest BCUT2D eigenvalue weighted by Crippen LogP contribution is 2.29. The first-order valence-corrected chi connectivity index (χ1v) is 8.12. The minimum absolute atomic E-state index is 0.0824. The number of benzene rings is 2. The van der Waals surface area contributed by atoms with Gasteiger partial charge in [-0.25, -0.2) is 4.39 Å². The summed E-state index contributed by atoms with van der Waals surface area (Å²) in [5.41, 5.74) is 1.64. The Labute approximate surface area is 140 Å². The number of carbonyl (C=O) groups excluding carboxylic acids is 1. The van der Waals surface area contributed by atoms with Crippen LogP contribution < -0.4 is 14.4 Å². The van der Waals surface area contributed by atoms with E-state index < -0.39 is 0 Å². The van der Waals surface area contributed by atoms with E-state index in [-0.39, 0.29) is 18.3 Å². The molecule has 5 heteroatoms. The van der Waals surface area contributed by atoms with Gasteiger partial charge in [-0.2, -0.15) is 0 Å². The van der Waals surface area contributed by atoms with Crippen LogP contribution in [0.25, 0.3) is 0 Å². The van der Waals surface area contributed by atoms with Crippen LogP contribution in [0, 0.1) is 5.82 Å². The molecule has 0 N–H and O–H groups in total. The van der Waals surface area contributed by atoms with Crippen molar-refractivity contribution in [1.29, 1.82) is 0 Å². The smallest absolute Gasteiger partial charge is 0.264 e. The fourth-order valence-corrected chi connectivity index (χ4v) is 2.89. The highest BCUT2D eigenvalue weighted by Gasteiger charge is 2.23. The lowest BCUT2D eigenvalue weighted by molar-refractivity contribution is -0.120. The van der Waals surface area contributed by atoms with Crippen molar-refractivity contribution in [3.63, 3.8) is 0 Å². The zero-order valence-corrected chi connectivity index (χ0v) is 13.6. The maximum atomic E-state index is 13.4. The third kappa shape index (κ3) is 3.50. The number of amides is 1. The highest BCUT2D eigenvalue weighted by molar-refractivity contribution is 5.95. The Hall–Kier alpha value is -2.56. The van der Waals surface area contributed by atoms with Gasteiger partial charge in [0.25, 0.3) is 5.91 Å². The molecule has 2 aromatic rings. The number of ether oxygens (including phenoxy) is 2. The summed E-state index contributed by atoms with van der Waals surface area (Å²) < 4.78 is 24.5. The monoisotopic (exact) mass is 329 g/mol. The van der Waals surface area contributed by atoms with Crippen molar-refractivity contribution in [2.75, 3.05) is 24.7 Å². The van der Waals surface area contributed by atoms with Crippen LogP contribution in [-0.2, 0) is 11.2 Å². The SMILES string of the molecule is CCOc1ccccc1OCC(=O)N1CCCc2cc(F)ccc21. The van der Waals surface area contributed by atoms with Gasteiger partial charge in [-0.05, 0) is 55.7 Å². The molecule has 0 aliphatic carbocycles. The van der Waals surface area contributed by atoms with Gasteiger partial charge in [-0.1, -0.05) is 12.1 Å². The Balaban J connectivity index is 1.71. The molecule has 1 amide bonds. The maximum absolute atomic E-state index is 13.4. The minimum atomic E-state index is -0.273. The highest BCUT2D eigenvalue weighted by atomic mass is 19.1. The summed E-state index contributed by atoms with van der Waals surface area (Å²) in [5.74, 6) is 0.747. The second-order valence-electron chi connectivity index (χ2n) is 5.59. The summed E-state index contributed by atoms with van der Waals surface area (Å²) in [5, 5.41) is 0. The van der Waals surface area contributed by atoms with Crippen LogP contribution in [-0.4, -0.2) is 25.7 Å². The fraction of sp³-hybridized carbons (Fsp3) is 0.316. The van der Waals surface area contributed by atoms with E-state index in [0.717, 1.165) is 24.1 Å². The molecule has 1 aliphatic heterocycles. The van der Waals surface area contributed by atoms with Crippen LogP contribution in [0.4, 0.5) is 10.1 Å². The van der Waals surface area contributed by atoms with Crippen molar-refractivity contribution < 1.29 is 18.7 Å². The van der Waals surface area contributed by atoms with Gasteiger partial charge in [0.2, 0.25) is 0 Å². The van der Waals surface area contributed by atoms with Gasteiger partial charge in [-0.3, -0.25) is 4.79 Å². The molecule has 0 aromatic heterocycles. The molecule has 0 saturated carbocycles. The molecule has 0 bridgehead atoms. The van der Waals surface area contributed by atoms with Crippen LogP contribution in [0.1, 0.15) is 18.9 Å². The number of fused-ring (bicyclic) bond motifs is 1. The number of hydrogen-bond acceptors (Lipinski definition) is 3. The van der Waals surface area contributed by atoms with E-state index >= 15 is 0 Å². The predicted molar refractivity (Wildman–Crippen MR) is 90.2 cm³/mol. The molecule has 0 radical (unpaired) electrons. The van der Waals surface area contributed by atoms with Crippen molar-refractivity contribution in [2.45, 2.75) is 19.8 Å². The van der Waals surface area contributed by atoms with E-state index in [1.165, 1.54) is 12.1 Å². The van der Waals surface area contributed by atoms with Crippen LogP contribution >= 0.6 is 0 Å². The first-order chi connectivity index (χ1) is 11.7. The van der Waals surface area contributed by atoms with Crippen molar-refractivity contribution in [3.8, 4) is 11.5 Å². The number of rotatable bonds is 5. The van der Waals surface area contributed by atoms with Gasteiger partial charge in [0.05, 0.1) is 6.61 Å². The molecule has 126 valence electrons. The molecular formula is C19H20FNO3. The molecule has 0 saturated heterocycles. The summed E-state index contributed by atoms with van der Waals surface area (Å²) >= 11 is 0. The second-order valence-corrected chi connectivity index (χ2v) is 5.59. The molecule has 0 spiro atoms. The van der Waals surface area contributed by atoms with Crippen LogP contribution in [0.3, 0.4) is 0 Å². The molecule has 2 aromatic carbocycles. The Morgan fingerprint density at radius 3 is 2.67 bits per heavy atom. The molecule has 0 atom stereocenters. The minimum Gasteiger partial charge on any atom is -0.490 e. The fourth-order valence-electron chi connectivity index (χ4n) is 2.89. The number of nitrogens with zero attached hydrogens (tertiary/aromatic N) is 1. The first kappa shape index (κ1) is 16.3. The van der Waals surface area contributed by atoms with Gasteiger partial charge in [0.1, 0.15) is 5.82 Å². The molecule has 0 fully saturated rings. The Morgan fingerprint density at radius 2 is 1.92 bits per heavy atom. The zero-order valence-electron chi connectivity index (χ0n) is 13.6. The Morgan fingerprint density at radius 1 is 1.17 bits per heavy atom. The second kappa shape index (κ2) is 7.34. The summed E-state index contributed by atoms with van der Waals surface area (Å²) in [4.78, 5) is 14.2. The summed E-state index contributed by atoms with van der Waals surface area (Å²) in [6.45, 7) is 2.96. The Kier molecular flexibility index (Phi) is 4.99. The van der Waals surface area contributed by atoms with Crippen molar-refractivity contribution in [3.05, 3.63) is 53.8 Å². The van der Waals surface area contributed by atoms with Crippen LogP contribution in [0.2, 0.25) is 0 Å². The van der Waals surface area contributed by atoms with Crippen molar-refractivity contribution in [1.82, 2.24) is 0 Å². The van der Waals surface area contributed by atoms with E-state index in [2.05, 4.69) is 0 Å². The average Bonchev–Trinajstić information content (AvgIpc) is 2.60. The molecule has 1 aliphatic rings. The Bertz CT molecular complexity index is 732. The van der Waals surface area contributed by atoms with E-state index in [0.29, 0.717) is 24.7 Å².